The lowest BCUT2D eigenvalue weighted by molar-refractivity contribution is -0.142. The molecule has 0 amide bonds. The highest BCUT2D eigenvalue weighted by atomic mass is 16.6. The minimum atomic E-state index is -0.0380. The molecule has 3 heteroatoms. The molecule has 3 nitrogen and oxygen atoms in total. The summed E-state index contributed by atoms with van der Waals surface area (Å²) in [6, 6.07) is 0. The molecule has 3 rings (SSSR count). The quantitative estimate of drug-likeness (QED) is 0.353. The summed E-state index contributed by atoms with van der Waals surface area (Å²) in [7, 11) is 0. The van der Waals surface area contributed by atoms with E-state index in [2.05, 4.69) is 0 Å². The summed E-state index contributed by atoms with van der Waals surface area (Å²) in [6.45, 7) is 0. The van der Waals surface area contributed by atoms with Crippen molar-refractivity contribution in [3.63, 3.8) is 0 Å². The fourth-order valence-corrected chi connectivity index (χ4v) is 2.11. The normalized spacial score (nSPS) is 55.8. The summed E-state index contributed by atoms with van der Waals surface area (Å²) in [5.41, 5.74) is 0. The molecule has 2 aliphatic heterocycles. The van der Waals surface area contributed by atoms with Crippen molar-refractivity contribution in [1.82, 2.24) is 0 Å². The van der Waals surface area contributed by atoms with Gasteiger partial charge in [-0.3, -0.25) is 4.79 Å². The van der Waals surface area contributed by atoms with E-state index in [0.717, 1.165) is 6.42 Å². The lowest BCUT2D eigenvalue weighted by Crippen LogP contribution is -2.16. The minimum Gasteiger partial charge on any atom is -0.459 e. The van der Waals surface area contributed by atoms with Gasteiger partial charge in [-0.15, -0.1) is 0 Å². The number of esters is 1. The van der Waals surface area contributed by atoms with Crippen LogP contribution in [0, 0.1) is 5.92 Å². The maximum atomic E-state index is 10.7. The molecule has 1 aliphatic carbocycles. The Morgan fingerprint density at radius 1 is 1.40 bits per heavy atom. The third-order valence-electron chi connectivity index (χ3n) is 2.64. The molecule has 54 valence electrons. The second-order valence-electron chi connectivity index (χ2n) is 3.29. The molecule has 4 atom stereocenters. The first-order valence-electron chi connectivity index (χ1n) is 3.69. The van der Waals surface area contributed by atoms with E-state index < -0.39 is 0 Å². The Labute approximate surface area is 58.3 Å². The fourth-order valence-electron chi connectivity index (χ4n) is 2.11. The minimum absolute atomic E-state index is 0.0380. The van der Waals surface area contributed by atoms with Crippen LogP contribution in [0.3, 0.4) is 0 Å². The van der Waals surface area contributed by atoms with Gasteiger partial charge in [0.05, 0.1) is 12.5 Å². The van der Waals surface area contributed by atoms with Gasteiger partial charge < -0.3 is 9.47 Å². The van der Waals surface area contributed by atoms with E-state index in [-0.39, 0.29) is 18.2 Å². The number of ether oxygens (including phenoxy) is 2. The molecule has 0 aromatic heterocycles. The van der Waals surface area contributed by atoms with E-state index >= 15 is 0 Å². The SMILES string of the molecule is O=C1C[C@@H]2C[C@H]3O[C@H]3[C@@H]2O1. The van der Waals surface area contributed by atoms with Crippen molar-refractivity contribution in [2.45, 2.75) is 31.2 Å². The Kier molecular flexibility index (Phi) is 0.703. The summed E-state index contributed by atoms with van der Waals surface area (Å²) < 4.78 is 10.3. The number of rotatable bonds is 0. The van der Waals surface area contributed by atoms with Gasteiger partial charge in [0.1, 0.15) is 12.2 Å². The van der Waals surface area contributed by atoms with Gasteiger partial charge in [0.15, 0.2) is 0 Å². The van der Waals surface area contributed by atoms with Crippen molar-refractivity contribution in [2.24, 2.45) is 5.92 Å². The van der Waals surface area contributed by atoms with Crippen LogP contribution in [0.5, 0.6) is 0 Å². The number of hydrogen-bond acceptors (Lipinski definition) is 3. The maximum absolute atomic E-state index is 10.7. The van der Waals surface area contributed by atoms with Gasteiger partial charge >= 0.3 is 5.97 Å². The van der Waals surface area contributed by atoms with Crippen LogP contribution in [-0.4, -0.2) is 24.3 Å². The predicted molar refractivity (Wildman–Crippen MR) is 31.3 cm³/mol. The van der Waals surface area contributed by atoms with E-state index in [0.29, 0.717) is 18.4 Å². The molecule has 3 aliphatic rings. The van der Waals surface area contributed by atoms with Crippen molar-refractivity contribution >= 4 is 5.97 Å². The molecular formula is C7H8O3. The number of hydrogen-bond donors (Lipinski definition) is 0. The maximum Gasteiger partial charge on any atom is 0.306 e. The average Bonchev–Trinajstić information content (AvgIpc) is 2.40. The first-order valence-corrected chi connectivity index (χ1v) is 3.69. The smallest absolute Gasteiger partial charge is 0.306 e. The number of carbonyl (C=O) groups excluding carboxylic acids is 1. The number of carbonyl (C=O) groups is 1. The van der Waals surface area contributed by atoms with Crippen molar-refractivity contribution in [1.29, 1.82) is 0 Å². The summed E-state index contributed by atoms with van der Waals surface area (Å²) in [5.74, 6) is 0.445. The zero-order chi connectivity index (χ0) is 6.72. The second-order valence-corrected chi connectivity index (χ2v) is 3.29. The number of epoxide rings is 1. The van der Waals surface area contributed by atoms with Gasteiger partial charge in [-0.1, -0.05) is 0 Å². The van der Waals surface area contributed by atoms with Crippen LogP contribution < -0.4 is 0 Å². The van der Waals surface area contributed by atoms with E-state index in [4.69, 9.17) is 9.47 Å². The second kappa shape index (κ2) is 1.37. The van der Waals surface area contributed by atoms with Crippen LogP contribution in [0.4, 0.5) is 0 Å². The molecule has 3 fully saturated rings. The van der Waals surface area contributed by atoms with Gasteiger partial charge in [0.2, 0.25) is 0 Å². The van der Waals surface area contributed by atoms with Crippen molar-refractivity contribution < 1.29 is 14.3 Å². The summed E-state index contributed by atoms with van der Waals surface area (Å²) >= 11 is 0. The third kappa shape index (κ3) is 0.475. The molecule has 0 aromatic rings. The molecule has 0 bridgehead atoms. The fraction of sp³-hybridized carbons (Fsp3) is 0.857. The Hall–Kier alpha value is -0.570. The molecule has 0 aromatic carbocycles. The monoisotopic (exact) mass is 140 g/mol. The summed E-state index contributed by atoms with van der Waals surface area (Å²) in [5, 5.41) is 0. The van der Waals surface area contributed by atoms with E-state index in [1.807, 2.05) is 0 Å². The van der Waals surface area contributed by atoms with Crippen molar-refractivity contribution in [3.05, 3.63) is 0 Å². The molecule has 1 saturated carbocycles. The molecule has 0 N–H and O–H groups in total. The predicted octanol–water partition coefficient (Wildman–Crippen LogP) is 0.0892. The molecule has 0 radical (unpaired) electrons. The van der Waals surface area contributed by atoms with Crippen LogP contribution in [0.25, 0.3) is 0 Å². The van der Waals surface area contributed by atoms with Crippen molar-refractivity contribution in [2.75, 3.05) is 0 Å². The first-order chi connectivity index (χ1) is 4.84. The highest BCUT2D eigenvalue weighted by Crippen LogP contribution is 2.48. The third-order valence-corrected chi connectivity index (χ3v) is 2.64. The van der Waals surface area contributed by atoms with Gasteiger partial charge in [-0.05, 0) is 6.42 Å². The van der Waals surface area contributed by atoms with Crippen LogP contribution >= 0.6 is 0 Å². The molecular weight excluding hydrogens is 132 g/mol. The Morgan fingerprint density at radius 2 is 2.30 bits per heavy atom. The zero-order valence-electron chi connectivity index (χ0n) is 5.45. The van der Waals surface area contributed by atoms with Crippen LogP contribution in [0.1, 0.15) is 12.8 Å². The van der Waals surface area contributed by atoms with Crippen LogP contribution in [-0.2, 0) is 14.3 Å². The van der Waals surface area contributed by atoms with E-state index in [1.165, 1.54) is 0 Å². The first kappa shape index (κ1) is 5.13. The van der Waals surface area contributed by atoms with Gasteiger partial charge in [-0.2, -0.15) is 0 Å². The summed E-state index contributed by atoms with van der Waals surface area (Å²) in [4.78, 5) is 10.7. The largest absolute Gasteiger partial charge is 0.459 e. The topological polar surface area (TPSA) is 38.8 Å². The molecule has 0 spiro atoms. The van der Waals surface area contributed by atoms with Gasteiger partial charge in [-0.25, -0.2) is 0 Å². The molecule has 2 saturated heterocycles. The lowest BCUT2D eigenvalue weighted by Gasteiger charge is -2.07. The van der Waals surface area contributed by atoms with Crippen molar-refractivity contribution in [3.8, 4) is 0 Å². The van der Waals surface area contributed by atoms with E-state index in [9.17, 15) is 4.79 Å². The Bertz CT molecular complexity index is 201. The molecule has 10 heavy (non-hydrogen) atoms. The van der Waals surface area contributed by atoms with Crippen LogP contribution in [0.2, 0.25) is 0 Å². The lowest BCUT2D eigenvalue weighted by atomic mass is 10.0. The van der Waals surface area contributed by atoms with Crippen LogP contribution in [0.15, 0.2) is 0 Å². The Balaban J connectivity index is 1.88. The molecule has 0 unspecified atom stereocenters. The number of fused-ring (bicyclic) bond motifs is 3. The van der Waals surface area contributed by atoms with Gasteiger partial charge in [0, 0.05) is 5.92 Å². The van der Waals surface area contributed by atoms with E-state index in [1.54, 1.807) is 0 Å². The standard InChI is InChI=1S/C7H8O3/c8-5-2-3-1-4-7(9-4)6(3)10-5/h3-4,6-7H,1-2H2/t3-,4+,6+,7+/m0/s1. The Morgan fingerprint density at radius 3 is 3.10 bits per heavy atom. The zero-order valence-corrected chi connectivity index (χ0v) is 5.45. The highest BCUT2D eigenvalue weighted by molar-refractivity contribution is 5.72. The highest BCUT2D eigenvalue weighted by Gasteiger charge is 2.60. The average molecular weight is 140 g/mol. The molecule has 2 heterocycles. The van der Waals surface area contributed by atoms with Gasteiger partial charge in [0.25, 0.3) is 0 Å². The summed E-state index contributed by atoms with van der Waals surface area (Å²) in [6.07, 6.45) is 2.50.